The van der Waals surface area contributed by atoms with E-state index in [-0.39, 0.29) is 31.0 Å². The van der Waals surface area contributed by atoms with Crippen molar-refractivity contribution in [2.75, 3.05) is 32.1 Å². The molecule has 36 heavy (non-hydrogen) atoms. The lowest BCUT2D eigenvalue weighted by molar-refractivity contribution is -0.133. The average Bonchev–Trinajstić information content (AvgIpc) is 2.88. The number of anilines is 1. The molecule has 1 aliphatic carbocycles. The number of carbonyl (C=O) groups excluding carboxylic acids is 1. The number of aliphatic hydroxyl groups excluding tert-OH is 1. The zero-order valence-electron chi connectivity index (χ0n) is 19.7. The van der Waals surface area contributed by atoms with E-state index in [1.807, 2.05) is 18.2 Å². The van der Waals surface area contributed by atoms with Crippen LogP contribution in [0.15, 0.2) is 71.7 Å². The smallest absolute Gasteiger partial charge is 0.248 e. The van der Waals surface area contributed by atoms with Crippen LogP contribution in [-0.2, 0) is 16.1 Å². The molecule has 0 radical (unpaired) electrons. The van der Waals surface area contributed by atoms with Gasteiger partial charge in [-0.1, -0.05) is 35.9 Å². The predicted molar refractivity (Wildman–Crippen MR) is 135 cm³/mol. The highest BCUT2D eigenvalue weighted by atomic mass is 35.5. The highest BCUT2D eigenvalue weighted by molar-refractivity contribution is 6.30. The molecule has 0 fully saturated rings. The lowest BCUT2D eigenvalue weighted by Crippen LogP contribution is -2.32. The number of benzene rings is 2. The molecule has 0 aliphatic heterocycles. The Morgan fingerprint density at radius 2 is 2.11 bits per heavy atom. The van der Waals surface area contributed by atoms with Gasteiger partial charge in [0.25, 0.3) is 0 Å². The Labute approximate surface area is 213 Å². The number of nitrogens with zero attached hydrogens (tertiary/aromatic N) is 3. The first-order chi connectivity index (χ1) is 17.4. The van der Waals surface area contributed by atoms with E-state index in [0.29, 0.717) is 40.5 Å². The molecule has 0 bridgehead atoms. The molecule has 8 nitrogen and oxygen atoms in total. The van der Waals surface area contributed by atoms with E-state index in [1.165, 1.54) is 23.4 Å². The Morgan fingerprint density at radius 1 is 1.28 bits per heavy atom. The summed E-state index contributed by atoms with van der Waals surface area (Å²) in [6.45, 7) is 0.245. The van der Waals surface area contributed by atoms with Gasteiger partial charge >= 0.3 is 0 Å². The van der Waals surface area contributed by atoms with Crippen molar-refractivity contribution in [3.05, 3.63) is 83.1 Å². The Hall–Kier alpha value is -3.53. The second-order valence-electron chi connectivity index (χ2n) is 8.17. The monoisotopic (exact) mass is 512 g/mol. The number of ether oxygens (including phenoxy) is 2. The SMILES string of the molecule is CN(CCOc1cccc2ncnc(NC3=CCC(OCc4cccc(F)c4)C(Cl)=C3)c12)C(=O)CO. The normalized spacial score (nSPS) is 15.3. The van der Waals surface area contributed by atoms with E-state index in [4.69, 9.17) is 26.2 Å². The van der Waals surface area contributed by atoms with Crippen molar-refractivity contribution in [1.29, 1.82) is 0 Å². The predicted octanol–water partition coefficient (Wildman–Crippen LogP) is 4.01. The molecule has 3 aromatic rings. The molecule has 10 heteroatoms. The van der Waals surface area contributed by atoms with Crippen molar-refractivity contribution in [1.82, 2.24) is 14.9 Å². The van der Waals surface area contributed by atoms with Gasteiger partial charge in [-0.2, -0.15) is 0 Å². The van der Waals surface area contributed by atoms with Crippen LogP contribution in [0.4, 0.5) is 10.2 Å². The average molecular weight is 513 g/mol. The fourth-order valence-corrected chi connectivity index (χ4v) is 3.94. The van der Waals surface area contributed by atoms with Crippen LogP contribution >= 0.6 is 11.6 Å². The molecule has 1 aliphatic rings. The second kappa shape index (κ2) is 11.9. The summed E-state index contributed by atoms with van der Waals surface area (Å²) in [5, 5.41) is 13.5. The minimum Gasteiger partial charge on any atom is -0.491 e. The van der Waals surface area contributed by atoms with Crippen molar-refractivity contribution in [3.63, 3.8) is 0 Å². The fraction of sp³-hybridized carbons (Fsp3) is 0.269. The second-order valence-corrected chi connectivity index (χ2v) is 8.61. The van der Waals surface area contributed by atoms with E-state index in [9.17, 15) is 9.18 Å². The molecule has 1 unspecified atom stereocenters. The number of hydrogen-bond acceptors (Lipinski definition) is 7. The number of fused-ring (bicyclic) bond motifs is 1. The lowest BCUT2D eigenvalue weighted by Gasteiger charge is -2.22. The van der Waals surface area contributed by atoms with E-state index in [2.05, 4.69) is 15.3 Å². The topological polar surface area (TPSA) is 96.8 Å². The first-order valence-corrected chi connectivity index (χ1v) is 11.7. The van der Waals surface area contributed by atoms with Crippen LogP contribution in [0.25, 0.3) is 10.9 Å². The number of hydrogen-bond donors (Lipinski definition) is 2. The minimum atomic E-state index is -0.547. The lowest BCUT2D eigenvalue weighted by atomic mass is 10.1. The van der Waals surface area contributed by atoms with Gasteiger partial charge in [-0.3, -0.25) is 4.79 Å². The van der Waals surface area contributed by atoms with Crippen LogP contribution in [0, 0.1) is 5.82 Å². The van der Waals surface area contributed by atoms with Crippen LogP contribution in [-0.4, -0.2) is 58.8 Å². The molecular weight excluding hydrogens is 487 g/mol. The maximum atomic E-state index is 13.4. The summed E-state index contributed by atoms with van der Waals surface area (Å²) >= 11 is 6.50. The third-order valence-electron chi connectivity index (χ3n) is 5.63. The van der Waals surface area contributed by atoms with Gasteiger partial charge in [0, 0.05) is 17.8 Å². The summed E-state index contributed by atoms with van der Waals surface area (Å²) in [7, 11) is 1.60. The molecule has 0 saturated carbocycles. The van der Waals surface area contributed by atoms with Crippen LogP contribution in [0.3, 0.4) is 0 Å². The van der Waals surface area contributed by atoms with E-state index in [1.54, 1.807) is 31.3 Å². The Morgan fingerprint density at radius 3 is 2.89 bits per heavy atom. The minimum absolute atomic E-state index is 0.231. The van der Waals surface area contributed by atoms with Gasteiger partial charge in [-0.15, -0.1) is 0 Å². The fourth-order valence-electron chi connectivity index (χ4n) is 3.67. The van der Waals surface area contributed by atoms with Crippen LogP contribution in [0.2, 0.25) is 0 Å². The molecule has 1 heterocycles. The number of aromatic nitrogens is 2. The molecule has 2 N–H and O–H groups in total. The van der Waals surface area contributed by atoms with Crippen molar-refractivity contribution in [3.8, 4) is 5.75 Å². The third-order valence-corrected chi connectivity index (χ3v) is 5.98. The zero-order chi connectivity index (χ0) is 25.5. The zero-order valence-corrected chi connectivity index (χ0v) is 20.4. The van der Waals surface area contributed by atoms with Crippen molar-refractivity contribution >= 4 is 34.2 Å². The van der Waals surface area contributed by atoms with Gasteiger partial charge in [0.2, 0.25) is 5.91 Å². The quantitative estimate of drug-likeness (QED) is 0.423. The summed E-state index contributed by atoms with van der Waals surface area (Å²) in [4.78, 5) is 21.7. The molecule has 1 atom stereocenters. The number of likely N-dealkylation sites (N-methyl/N-ethyl adjacent to an activating group) is 1. The van der Waals surface area contributed by atoms with Gasteiger partial charge in [-0.05, 0) is 42.3 Å². The van der Waals surface area contributed by atoms with Crippen LogP contribution in [0.5, 0.6) is 5.75 Å². The van der Waals surface area contributed by atoms with E-state index in [0.717, 1.165) is 11.3 Å². The largest absolute Gasteiger partial charge is 0.491 e. The molecule has 188 valence electrons. The highest BCUT2D eigenvalue weighted by Crippen LogP contribution is 2.32. The Balaban J connectivity index is 1.44. The molecule has 1 aromatic heterocycles. The molecule has 1 amide bonds. The summed E-state index contributed by atoms with van der Waals surface area (Å²) in [6, 6.07) is 11.8. The van der Waals surface area contributed by atoms with Gasteiger partial charge in [0.15, 0.2) is 0 Å². The summed E-state index contributed by atoms with van der Waals surface area (Å²) in [5.41, 5.74) is 2.17. The molecule has 2 aromatic carbocycles. The van der Waals surface area contributed by atoms with Gasteiger partial charge in [-0.25, -0.2) is 14.4 Å². The van der Waals surface area contributed by atoms with Crippen molar-refractivity contribution in [2.45, 2.75) is 19.1 Å². The standard InChI is InChI=1S/C26H26ClFN4O4/c1-32(24(34)14-33)10-11-35-23-7-3-6-21-25(23)26(30-16-29-21)31-19-8-9-22(20(27)13-19)36-15-17-4-2-5-18(28)12-17/h2-8,12-13,16,22,33H,9-11,14-15H2,1H3,(H,29,30,31). The van der Waals surface area contributed by atoms with Crippen LogP contribution in [0.1, 0.15) is 12.0 Å². The summed E-state index contributed by atoms with van der Waals surface area (Å²) < 4.78 is 25.2. The maximum Gasteiger partial charge on any atom is 0.248 e. The molecular formula is C26H26ClFN4O4. The van der Waals surface area contributed by atoms with Crippen molar-refractivity contribution < 1.29 is 23.8 Å². The number of allylic oxidation sites excluding steroid dienone is 1. The molecule has 0 saturated heterocycles. The molecule has 0 spiro atoms. The van der Waals surface area contributed by atoms with Crippen molar-refractivity contribution in [2.24, 2.45) is 0 Å². The van der Waals surface area contributed by atoms with E-state index >= 15 is 0 Å². The Bertz CT molecular complexity index is 1290. The first kappa shape index (κ1) is 25.6. The number of carbonyl (C=O) groups is 1. The van der Waals surface area contributed by atoms with Gasteiger partial charge < -0.3 is 24.8 Å². The number of aliphatic hydroxyl groups is 1. The van der Waals surface area contributed by atoms with Gasteiger partial charge in [0.05, 0.1) is 30.2 Å². The van der Waals surface area contributed by atoms with Gasteiger partial charge in [0.1, 0.15) is 36.9 Å². The number of rotatable bonds is 10. The Kier molecular flexibility index (Phi) is 8.48. The summed E-state index contributed by atoms with van der Waals surface area (Å²) in [6.07, 6.45) is 5.38. The number of nitrogens with one attached hydrogen (secondary N) is 1. The number of halogens is 2. The highest BCUT2D eigenvalue weighted by Gasteiger charge is 2.19. The maximum absolute atomic E-state index is 13.4. The third kappa shape index (κ3) is 6.37. The van der Waals surface area contributed by atoms with Crippen LogP contribution < -0.4 is 10.1 Å². The number of amides is 1. The molecule has 4 rings (SSSR count). The summed E-state index contributed by atoms with van der Waals surface area (Å²) in [5.74, 6) is 0.414. The van der Waals surface area contributed by atoms with E-state index < -0.39 is 6.61 Å². The first-order valence-electron chi connectivity index (χ1n) is 11.4.